The first-order valence-corrected chi connectivity index (χ1v) is 10.8. The molecule has 0 bridgehead atoms. The van der Waals surface area contributed by atoms with Crippen molar-refractivity contribution in [1.29, 1.82) is 0 Å². The molecule has 29 heavy (non-hydrogen) atoms. The van der Waals surface area contributed by atoms with Gasteiger partial charge in [-0.15, -0.1) is 0 Å². The minimum Gasteiger partial charge on any atom is -0.339 e. The second kappa shape index (κ2) is 8.29. The highest BCUT2D eigenvalue weighted by Crippen LogP contribution is 2.36. The fraction of sp³-hybridized carbons (Fsp3) is 0.480. The van der Waals surface area contributed by atoms with Gasteiger partial charge in [-0.1, -0.05) is 54.6 Å². The minimum atomic E-state index is -0.459. The van der Waals surface area contributed by atoms with Gasteiger partial charge in [0.15, 0.2) is 0 Å². The number of benzene rings is 2. The lowest BCUT2D eigenvalue weighted by Gasteiger charge is -2.40. The third kappa shape index (κ3) is 3.96. The largest absolute Gasteiger partial charge is 0.339 e. The van der Waals surface area contributed by atoms with E-state index in [0.717, 1.165) is 45.3 Å². The number of carbonyl (C=O) groups is 1. The van der Waals surface area contributed by atoms with Crippen LogP contribution in [0, 0.1) is 0 Å². The van der Waals surface area contributed by atoms with E-state index in [-0.39, 0.29) is 0 Å². The summed E-state index contributed by atoms with van der Waals surface area (Å²) in [6.45, 7) is 2.59. The van der Waals surface area contributed by atoms with E-state index in [1.165, 1.54) is 16.7 Å². The summed E-state index contributed by atoms with van der Waals surface area (Å²) < 4.78 is 0. The van der Waals surface area contributed by atoms with E-state index < -0.39 is 5.54 Å². The number of nitrogens with zero attached hydrogens (tertiary/aromatic N) is 3. The zero-order valence-electron chi connectivity index (χ0n) is 18.0. The summed E-state index contributed by atoms with van der Waals surface area (Å²) in [5, 5.41) is 0. The summed E-state index contributed by atoms with van der Waals surface area (Å²) in [5.41, 5.74) is 3.53. The Morgan fingerprint density at radius 2 is 1.62 bits per heavy atom. The van der Waals surface area contributed by atoms with Crippen LogP contribution in [-0.4, -0.2) is 73.0 Å². The Hall–Kier alpha value is -2.17. The van der Waals surface area contributed by atoms with Gasteiger partial charge in [0.05, 0.1) is 0 Å². The molecule has 1 amide bonds. The maximum absolute atomic E-state index is 13.9. The molecule has 2 aromatic carbocycles. The zero-order valence-corrected chi connectivity index (χ0v) is 18.0. The van der Waals surface area contributed by atoms with Gasteiger partial charge < -0.3 is 9.80 Å². The monoisotopic (exact) mass is 391 g/mol. The van der Waals surface area contributed by atoms with Crippen molar-refractivity contribution in [1.82, 2.24) is 14.7 Å². The highest BCUT2D eigenvalue weighted by molar-refractivity contribution is 5.88. The lowest BCUT2D eigenvalue weighted by atomic mass is 9.91. The molecule has 0 N–H and O–H groups in total. The molecule has 154 valence electrons. The molecule has 4 rings (SSSR count). The number of rotatable bonds is 6. The van der Waals surface area contributed by atoms with Crippen molar-refractivity contribution >= 4 is 5.91 Å². The molecule has 0 radical (unpaired) electrons. The van der Waals surface area contributed by atoms with Gasteiger partial charge in [0.2, 0.25) is 5.91 Å². The van der Waals surface area contributed by atoms with Gasteiger partial charge in [-0.2, -0.15) is 0 Å². The average Bonchev–Trinajstić information content (AvgIpc) is 3.38. The Labute approximate surface area is 175 Å². The molecule has 1 saturated heterocycles. The predicted molar refractivity (Wildman–Crippen MR) is 118 cm³/mol. The van der Waals surface area contributed by atoms with Gasteiger partial charge in [0, 0.05) is 38.5 Å². The Bertz CT molecular complexity index is 823. The van der Waals surface area contributed by atoms with Crippen LogP contribution in [0.5, 0.6) is 0 Å². The Balaban J connectivity index is 1.56. The van der Waals surface area contributed by atoms with E-state index in [0.29, 0.717) is 11.9 Å². The standard InChI is InChI=1S/C25H33N3O/c1-26(2)23-14-16-28(19-23)24(29)25(17-21-11-7-8-12-22(21)18-25)27(3)15-13-20-9-5-4-6-10-20/h4-12,23H,13-19H2,1-3H3/t23-/m1/s1. The van der Waals surface area contributed by atoms with Gasteiger partial charge in [0.25, 0.3) is 0 Å². The van der Waals surface area contributed by atoms with Crippen molar-refractivity contribution in [3.63, 3.8) is 0 Å². The summed E-state index contributed by atoms with van der Waals surface area (Å²) in [5.74, 6) is 0.314. The van der Waals surface area contributed by atoms with Crippen LogP contribution in [-0.2, 0) is 24.1 Å². The number of hydrogen-bond donors (Lipinski definition) is 0. The van der Waals surface area contributed by atoms with Crippen molar-refractivity contribution < 1.29 is 4.79 Å². The summed E-state index contributed by atoms with van der Waals surface area (Å²) in [6.07, 6.45) is 3.66. The number of carbonyl (C=O) groups excluding carboxylic acids is 1. The Morgan fingerprint density at radius 1 is 1.00 bits per heavy atom. The molecule has 2 aliphatic rings. The molecule has 2 aromatic rings. The number of amides is 1. The van der Waals surface area contributed by atoms with Gasteiger partial charge in [-0.05, 0) is 50.7 Å². The van der Waals surface area contributed by atoms with Crippen molar-refractivity contribution in [3.8, 4) is 0 Å². The van der Waals surface area contributed by atoms with E-state index in [4.69, 9.17) is 0 Å². The molecular weight excluding hydrogens is 358 g/mol. The molecule has 1 fully saturated rings. The quantitative estimate of drug-likeness (QED) is 0.758. The molecule has 1 aliphatic carbocycles. The van der Waals surface area contributed by atoms with Crippen molar-refractivity contribution in [3.05, 3.63) is 71.3 Å². The van der Waals surface area contributed by atoms with Crippen LogP contribution in [0.15, 0.2) is 54.6 Å². The maximum atomic E-state index is 13.9. The average molecular weight is 392 g/mol. The minimum absolute atomic E-state index is 0.314. The van der Waals surface area contributed by atoms with Gasteiger partial charge >= 0.3 is 0 Å². The molecule has 0 aromatic heterocycles. The highest BCUT2D eigenvalue weighted by atomic mass is 16.2. The van der Waals surface area contributed by atoms with Crippen LogP contribution in [0.1, 0.15) is 23.1 Å². The number of hydrogen-bond acceptors (Lipinski definition) is 3. The summed E-state index contributed by atoms with van der Waals surface area (Å²) >= 11 is 0. The predicted octanol–water partition coefficient (Wildman–Crippen LogP) is 2.86. The molecule has 1 atom stereocenters. The van der Waals surface area contributed by atoms with Crippen LogP contribution in [0.3, 0.4) is 0 Å². The molecule has 4 nitrogen and oxygen atoms in total. The van der Waals surface area contributed by atoms with Gasteiger partial charge in [0.1, 0.15) is 5.54 Å². The van der Waals surface area contributed by atoms with E-state index in [1.807, 2.05) is 0 Å². The Morgan fingerprint density at radius 3 is 2.21 bits per heavy atom. The maximum Gasteiger partial charge on any atom is 0.243 e. The molecular formula is C25H33N3O. The van der Waals surface area contributed by atoms with Crippen LogP contribution < -0.4 is 0 Å². The molecule has 0 unspecified atom stereocenters. The third-order valence-corrected chi connectivity index (χ3v) is 6.97. The first-order valence-electron chi connectivity index (χ1n) is 10.8. The van der Waals surface area contributed by atoms with Crippen molar-refractivity contribution in [2.45, 2.75) is 37.3 Å². The van der Waals surface area contributed by atoms with Crippen LogP contribution in [0.2, 0.25) is 0 Å². The van der Waals surface area contributed by atoms with Crippen LogP contribution in [0.25, 0.3) is 0 Å². The lowest BCUT2D eigenvalue weighted by Crippen LogP contribution is -2.59. The third-order valence-electron chi connectivity index (χ3n) is 6.97. The number of likely N-dealkylation sites (tertiary alicyclic amines) is 1. The lowest BCUT2D eigenvalue weighted by molar-refractivity contribution is -0.142. The second-order valence-electron chi connectivity index (χ2n) is 8.97. The Kier molecular flexibility index (Phi) is 5.75. The first-order chi connectivity index (χ1) is 14.0. The van der Waals surface area contributed by atoms with Crippen LogP contribution >= 0.6 is 0 Å². The topological polar surface area (TPSA) is 26.8 Å². The first kappa shape index (κ1) is 20.1. The summed E-state index contributed by atoms with van der Waals surface area (Å²) in [4.78, 5) is 20.6. The number of fused-ring (bicyclic) bond motifs is 1. The van der Waals surface area contributed by atoms with E-state index in [9.17, 15) is 4.79 Å². The fourth-order valence-electron chi connectivity index (χ4n) is 4.98. The van der Waals surface area contributed by atoms with E-state index in [2.05, 4.69) is 90.4 Å². The zero-order chi connectivity index (χ0) is 20.4. The normalized spacial score (nSPS) is 20.4. The summed E-state index contributed by atoms with van der Waals surface area (Å²) in [7, 11) is 6.38. The van der Waals surface area contributed by atoms with E-state index in [1.54, 1.807) is 0 Å². The van der Waals surface area contributed by atoms with Crippen molar-refractivity contribution in [2.24, 2.45) is 0 Å². The molecule has 0 spiro atoms. The smallest absolute Gasteiger partial charge is 0.243 e. The molecule has 0 saturated carbocycles. The molecule has 1 aliphatic heterocycles. The number of likely N-dealkylation sites (N-methyl/N-ethyl adjacent to an activating group) is 2. The molecule has 4 heteroatoms. The summed E-state index contributed by atoms with van der Waals surface area (Å²) in [6, 6.07) is 19.6. The molecule has 1 heterocycles. The fourth-order valence-corrected chi connectivity index (χ4v) is 4.98. The van der Waals surface area contributed by atoms with Crippen molar-refractivity contribution in [2.75, 3.05) is 40.8 Å². The van der Waals surface area contributed by atoms with E-state index >= 15 is 0 Å². The SMILES string of the molecule is CN(C)[C@@H]1CCN(C(=O)C2(N(C)CCc3ccccc3)Cc3ccccc3C2)C1. The highest BCUT2D eigenvalue weighted by Gasteiger charge is 2.49. The van der Waals surface area contributed by atoms with Gasteiger partial charge in [-0.25, -0.2) is 0 Å². The van der Waals surface area contributed by atoms with Gasteiger partial charge in [-0.3, -0.25) is 9.69 Å². The second-order valence-corrected chi connectivity index (χ2v) is 8.97. The van der Waals surface area contributed by atoms with Crippen LogP contribution in [0.4, 0.5) is 0 Å².